The Morgan fingerprint density at radius 3 is 3.06 bits per heavy atom. The highest BCUT2D eigenvalue weighted by Crippen LogP contribution is 2.18. The van der Waals surface area contributed by atoms with Crippen molar-refractivity contribution in [1.82, 2.24) is 5.32 Å². The fourth-order valence-electron chi connectivity index (χ4n) is 1.93. The first-order valence-electron chi connectivity index (χ1n) is 5.81. The van der Waals surface area contributed by atoms with Crippen LogP contribution in [0.25, 0.3) is 0 Å². The van der Waals surface area contributed by atoms with Crippen LogP contribution in [0.5, 0.6) is 0 Å². The molecular weight excluding hydrogens is 282 g/mol. The zero-order valence-corrected chi connectivity index (χ0v) is 11.4. The summed E-state index contributed by atoms with van der Waals surface area (Å²) in [4.78, 5) is 12.1. The molecule has 0 bridgehead atoms. The van der Waals surface area contributed by atoms with E-state index in [9.17, 15) is 4.79 Å². The van der Waals surface area contributed by atoms with Crippen molar-refractivity contribution in [3.05, 3.63) is 33.8 Å². The van der Waals surface area contributed by atoms with Crippen LogP contribution < -0.4 is 5.32 Å². The standard InChI is InChI=1S/C13H16BrNO2/c1-9-4-5-12(14)11(7-9)13(16)15-10-3-2-6-17-8-10/h4-5,7,10H,2-3,6,8H2,1H3,(H,15,16). The molecule has 17 heavy (non-hydrogen) atoms. The van der Waals surface area contributed by atoms with Crippen LogP contribution in [0.2, 0.25) is 0 Å². The van der Waals surface area contributed by atoms with E-state index in [0.29, 0.717) is 12.2 Å². The SMILES string of the molecule is Cc1ccc(Br)c(C(=O)NC2CCCOC2)c1. The number of rotatable bonds is 2. The summed E-state index contributed by atoms with van der Waals surface area (Å²) < 4.78 is 6.18. The summed E-state index contributed by atoms with van der Waals surface area (Å²) in [6, 6.07) is 5.92. The van der Waals surface area contributed by atoms with Gasteiger partial charge in [0.05, 0.1) is 18.2 Å². The van der Waals surface area contributed by atoms with Crippen LogP contribution in [0.3, 0.4) is 0 Å². The van der Waals surface area contributed by atoms with E-state index in [1.165, 1.54) is 0 Å². The first-order valence-corrected chi connectivity index (χ1v) is 6.61. The number of halogens is 1. The first-order chi connectivity index (χ1) is 8.16. The number of carbonyl (C=O) groups excluding carboxylic acids is 1. The molecule has 1 aromatic carbocycles. The number of carbonyl (C=O) groups is 1. The van der Waals surface area contributed by atoms with Crippen LogP contribution in [0.15, 0.2) is 22.7 Å². The lowest BCUT2D eigenvalue weighted by atomic mass is 10.1. The Hall–Kier alpha value is -0.870. The van der Waals surface area contributed by atoms with Crippen molar-refractivity contribution >= 4 is 21.8 Å². The quantitative estimate of drug-likeness (QED) is 0.911. The predicted molar refractivity (Wildman–Crippen MR) is 70.2 cm³/mol. The maximum Gasteiger partial charge on any atom is 0.252 e. The fraction of sp³-hybridized carbons (Fsp3) is 0.462. The summed E-state index contributed by atoms with van der Waals surface area (Å²) in [6.07, 6.45) is 2.01. The molecule has 4 heteroatoms. The third kappa shape index (κ3) is 3.30. The zero-order chi connectivity index (χ0) is 12.3. The smallest absolute Gasteiger partial charge is 0.252 e. The number of benzene rings is 1. The van der Waals surface area contributed by atoms with Gasteiger partial charge in [0, 0.05) is 11.1 Å². The average molecular weight is 298 g/mol. The summed E-state index contributed by atoms with van der Waals surface area (Å²) in [5, 5.41) is 3.01. The molecule has 1 atom stereocenters. The van der Waals surface area contributed by atoms with Crippen LogP contribution in [-0.2, 0) is 4.74 Å². The van der Waals surface area contributed by atoms with Crippen molar-refractivity contribution in [3.63, 3.8) is 0 Å². The Morgan fingerprint density at radius 2 is 2.35 bits per heavy atom. The molecule has 0 spiro atoms. The minimum absolute atomic E-state index is 0.0314. The Balaban J connectivity index is 2.05. The van der Waals surface area contributed by atoms with Gasteiger partial charge in [-0.3, -0.25) is 4.79 Å². The third-order valence-corrected chi connectivity index (χ3v) is 3.55. The van der Waals surface area contributed by atoms with E-state index in [1.54, 1.807) is 0 Å². The van der Waals surface area contributed by atoms with Gasteiger partial charge in [-0.1, -0.05) is 11.6 Å². The van der Waals surface area contributed by atoms with Gasteiger partial charge in [-0.25, -0.2) is 0 Å². The third-order valence-electron chi connectivity index (χ3n) is 2.86. The molecule has 1 aromatic rings. The lowest BCUT2D eigenvalue weighted by molar-refractivity contribution is 0.0624. The summed E-state index contributed by atoms with van der Waals surface area (Å²) >= 11 is 3.40. The van der Waals surface area contributed by atoms with E-state index < -0.39 is 0 Å². The van der Waals surface area contributed by atoms with Crippen LogP contribution in [0.1, 0.15) is 28.8 Å². The van der Waals surface area contributed by atoms with Gasteiger partial charge in [0.25, 0.3) is 5.91 Å². The molecule has 1 heterocycles. The van der Waals surface area contributed by atoms with Crippen molar-refractivity contribution < 1.29 is 9.53 Å². The summed E-state index contributed by atoms with van der Waals surface area (Å²) in [5.74, 6) is -0.0314. The average Bonchev–Trinajstić information content (AvgIpc) is 2.33. The number of aryl methyl sites for hydroxylation is 1. The second-order valence-corrected chi connectivity index (χ2v) is 5.23. The highest BCUT2D eigenvalue weighted by Gasteiger charge is 2.18. The van der Waals surface area contributed by atoms with Gasteiger partial charge in [-0.2, -0.15) is 0 Å². The van der Waals surface area contributed by atoms with Crippen LogP contribution in [-0.4, -0.2) is 25.2 Å². The van der Waals surface area contributed by atoms with Gasteiger partial charge in [0.1, 0.15) is 0 Å². The molecule has 0 aromatic heterocycles. The molecule has 92 valence electrons. The predicted octanol–water partition coefficient (Wildman–Crippen LogP) is 2.67. The minimum Gasteiger partial charge on any atom is -0.379 e. The van der Waals surface area contributed by atoms with Crippen molar-refractivity contribution in [1.29, 1.82) is 0 Å². The topological polar surface area (TPSA) is 38.3 Å². The Kier molecular flexibility index (Phi) is 4.18. The Morgan fingerprint density at radius 1 is 1.53 bits per heavy atom. The highest BCUT2D eigenvalue weighted by atomic mass is 79.9. The lowest BCUT2D eigenvalue weighted by Gasteiger charge is -2.23. The second-order valence-electron chi connectivity index (χ2n) is 4.37. The number of ether oxygens (including phenoxy) is 1. The molecule has 1 saturated heterocycles. The number of hydrogen-bond donors (Lipinski definition) is 1. The molecule has 1 aliphatic rings. The van der Waals surface area contributed by atoms with E-state index in [-0.39, 0.29) is 11.9 Å². The van der Waals surface area contributed by atoms with Crippen LogP contribution in [0.4, 0.5) is 0 Å². The molecule has 0 saturated carbocycles. The van der Waals surface area contributed by atoms with Gasteiger partial charge in [0.2, 0.25) is 0 Å². The van der Waals surface area contributed by atoms with Gasteiger partial charge in [-0.05, 0) is 47.8 Å². The van der Waals surface area contributed by atoms with Gasteiger partial charge >= 0.3 is 0 Å². The molecule has 1 N–H and O–H groups in total. The maximum atomic E-state index is 12.1. The van der Waals surface area contributed by atoms with Crippen molar-refractivity contribution in [2.24, 2.45) is 0 Å². The van der Waals surface area contributed by atoms with E-state index >= 15 is 0 Å². The zero-order valence-electron chi connectivity index (χ0n) is 9.83. The maximum absolute atomic E-state index is 12.1. The monoisotopic (exact) mass is 297 g/mol. The molecule has 1 fully saturated rings. The van der Waals surface area contributed by atoms with E-state index in [2.05, 4.69) is 21.2 Å². The normalized spacial score (nSPS) is 20.0. The number of nitrogens with one attached hydrogen (secondary N) is 1. The van der Waals surface area contributed by atoms with E-state index in [1.807, 2.05) is 25.1 Å². The van der Waals surface area contributed by atoms with E-state index in [0.717, 1.165) is 29.5 Å². The molecule has 0 radical (unpaired) electrons. The van der Waals surface area contributed by atoms with E-state index in [4.69, 9.17) is 4.74 Å². The molecule has 1 amide bonds. The summed E-state index contributed by atoms with van der Waals surface area (Å²) in [6.45, 7) is 3.41. The molecular formula is C13H16BrNO2. The largest absolute Gasteiger partial charge is 0.379 e. The van der Waals surface area contributed by atoms with Gasteiger partial charge in [-0.15, -0.1) is 0 Å². The highest BCUT2D eigenvalue weighted by molar-refractivity contribution is 9.10. The summed E-state index contributed by atoms with van der Waals surface area (Å²) in [7, 11) is 0. The molecule has 1 aliphatic heterocycles. The fourth-order valence-corrected chi connectivity index (χ4v) is 2.36. The molecule has 2 rings (SSSR count). The molecule has 1 unspecified atom stereocenters. The Bertz CT molecular complexity index is 414. The second kappa shape index (κ2) is 5.65. The first kappa shape index (κ1) is 12.6. The van der Waals surface area contributed by atoms with Crippen LogP contribution >= 0.6 is 15.9 Å². The summed E-state index contributed by atoms with van der Waals surface area (Å²) in [5.41, 5.74) is 1.77. The number of amides is 1. The van der Waals surface area contributed by atoms with Gasteiger partial charge in [0.15, 0.2) is 0 Å². The van der Waals surface area contributed by atoms with Crippen molar-refractivity contribution in [2.75, 3.05) is 13.2 Å². The van der Waals surface area contributed by atoms with Gasteiger partial charge < -0.3 is 10.1 Å². The Labute approximate surface area is 110 Å². The molecule has 3 nitrogen and oxygen atoms in total. The minimum atomic E-state index is -0.0314. The van der Waals surface area contributed by atoms with Crippen LogP contribution in [0, 0.1) is 6.92 Å². The lowest BCUT2D eigenvalue weighted by Crippen LogP contribution is -2.40. The number of hydrogen-bond acceptors (Lipinski definition) is 2. The van der Waals surface area contributed by atoms with Crippen molar-refractivity contribution in [3.8, 4) is 0 Å². The van der Waals surface area contributed by atoms with Crippen molar-refractivity contribution in [2.45, 2.75) is 25.8 Å². The molecule has 0 aliphatic carbocycles.